The molecule has 0 aliphatic carbocycles. The summed E-state index contributed by atoms with van der Waals surface area (Å²) in [6.07, 6.45) is 2.01. The molecular weight excluding hydrogens is 1520 g/mol. The van der Waals surface area contributed by atoms with Gasteiger partial charge < -0.3 is 9.13 Å². The second-order valence-corrected chi connectivity index (χ2v) is 31.3. The van der Waals surface area contributed by atoms with Crippen LogP contribution in [0, 0.1) is 0 Å². The van der Waals surface area contributed by atoms with Crippen LogP contribution in [0.15, 0.2) is 443 Å². The molecule has 0 bridgehead atoms. The Morgan fingerprint density at radius 2 is 0.536 bits per heavy atom. The Morgan fingerprint density at radius 1 is 0.176 bits per heavy atom. The second-order valence-electron chi connectivity index (χ2n) is 31.3. The lowest BCUT2D eigenvalue weighted by atomic mass is 9.97. The van der Waals surface area contributed by atoms with E-state index in [4.69, 9.17) is 39.9 Å². The van der Waals surface area contributed by atoms with Crippen molar-refractivity contribution in [1.82, 2.24) is 53.6 Å². The predicted molar refractivity (Wildman–Crippen MR) is 516 cm³/mol. The maximum atomic E-state index is 5.19. The highest BCUT2D eigenvalue weighted by Crippen LogP contribution is 2.46. The topological polar surface area (TPSA) is 118 Å². The van der Waals surface area contributed by atoms with Crippen molar-refractivity contribution in [1.29, 1.82) is 0 Å². The minimum absolute atomic E-state index is 0.644. The molecule has 0 aliphatic rings. The zero-order valence-corrected chi connectivity index (χ0v) is 67.6. The van der Waals surface area contributed by atoms with Crippen molar-refractivity contribution < 1.29 is 0 Å². The van der Waals surface area contributed by atoms with Gasteiger partial charge in [0.2, 0.25) is 0 Å². The van der Waals surface area contributed by atoms with E-state index in [1.807, 2.05) is 134 Å². The van der Waals surface area contributed by atoms with E-state index in [1.54, 1.807) is 0 Å². The fourth-order valence-electron chi connectivity index (χ4n) is 18.2. The van der Waals surface area contributed by atoms with E-state index in [0.717, 1.165) is 106 Å². The first kappa shape index (κ1) is 73.1. The highest BCUT2D eigenvalue weighted by molar-refractivity contribution is 6.32. The largest absolute Gasteiger partial charge is 0.309 e. The molecule has 584 valence electrons. The Morgan fingerprint density at radius 3 is 1.09 bits per heavy atom. The van der Waals surface area contributed by atoms with Gasteiger partial charge in [-0.15, -0.1) is 0 Å². The SMILES string of the molecule is c1ccc(-c2cc(-c3cccc(-n4c5ccccc5c5c6ccccc6c6ccccc6c54)c3)nc(-c3ccccc3)n2)cc1.c1ccc(-c2cc(-n3c4ccc5ccccc5c4c4cnc5ccccc5c43)nc(-c3ccccc3)n2)cc1.c1ccc(-c2nc(-c3ccccc3)nc(-c3cccc(-n4c5ccccc5c5c6ccccc6ccc54)c3)n2)cc1. The number of benzene rings is 18. The fraction of sp³-hybridized carbons (Fsp3) is 0. The zero-order chi connectivity index (χ0) is 82.7. The molecule has 0 radical (unpaired) electrons. The Labute approximate surface area is 719 Å². The van der Waals surface area contributed by atoms with E-state index in [9.17, 15) is 0 Å². The van der Waals surface area contributed by atoms with E-state index in [1.165, 1.54) is 92.1 Å². The van der Waals surface area contributed by atoms with Crippen molar-refractivity contribution in [2.24, 2.45) is 0 Å². The van der Waals surface area contributed by atoms with Gasteiger partial charge in [-0.1, -0.05) is 370 Å². The summed E-state index contributed by atoms with van der Waals surface area (Å²) in [5, 5.41) is 18.4. The first-order chi connectivity index (χ1) is 62.0. The number of rotatable bonds is 11. The van der Waals surface area contributed by atoms with E-state index in [2.05, 4.69) is 323 Å². The first-order valence-corrected chi connectivity index (χ1v) is 42.0. The standard InChI is InChI=1S/C42H27N3.C37H24N4.C35H22N4/c1-3-14-28(15-4-1)37-27-38(44-42(43-37)29-16-5-2-6-17-29)30-18-13-19-31(26-30)45-39-25-12-11-24-36(39)40-34-22-9-7-20-32(34)33-21-8-10-23-35(33)41(40)45;1-3-13-26(14-4-1)35-38-36(27-15-5-2-6-16-27)40-37(39-35)28-17-11-18-29(24-28)41-32-21-10-9-20-31(32)34-30-19-8-7-12-25(30)22-23-33(34)41;1-3-12-24(13-4-1)30-21-32(38-35(37-30)25-14-5-2-6-15-25)39-31-20-19-23-11-7-8-16-26(23)33(31)28-22-36-29-18-10-9-17-27(29)34(28)39/h1-27H;1-24H;1-22H. The van der Waals surface area contributed by atoms with Crippen LogP contribution in [0.25, 0.3) is 227 Å². The van der Waals surface area contributed by atoms with Gasteiger partial charge in [0, 0.05) is 111 Å². The molecule has 18 aromatic carbocycles. The number of para-hydroxylation sites is 3. The summed E-state index contributed by atoms with van der Waals surface area (Å²) in [6.45, 7) is 0. The van der Waals surface area contributed by atoms with Gasteiger partial charge in [-0.2, -0.15) is 0 Å². The lowest BCUT2D eigenvalue weighted by Gasteiger charge is -2.14. The molecule has 0 amide bonds. The Hall–Kier alpha value is -17.0. The van der Waals surface area contributed by atoms with Crippen molar-refractivity contribution in [3.63, 3.8) is 0 Å². The summed E-state index contributed by atoms with van der Waals surface area (Å²) in [4.78, 5) is 40.0. The van der Waals surface area contributed by atoms with Gasteiger partial charge in [0.1, 0.15) is 5.82 Å². The van der Waals surface area contributed by atoms with Crippen LogP contribution < -0.4 is 0 Å². The maximum absolute atomic E-state index is 5.19. The molecule has 0 saturated heterocycles. The minimum Gasteiger partial charge on any atom is -0.309 e. The number of fused-ring (bicyclic) bond motifs is 20. The number of aromatic nitrogens is 11. The molecule has 7 heterocycles. The van der Waals surface area contributed by atoms with Gasteiger partial charge in [0.15, 0.2) is 29.1 Å². The Bertz CT molecular complexity index is 8290. The summed E-state index contributed by atoms with van der Waals surface area (Å²) < 4.78 is 7.07. The van der Waals surface area contributed by atoms with Crippen LogP contribution in [-0.2, 0) is 0 Å². The van der Waals surface area contributed by atoms with Crippen LogP contribution in [0.2, 0.25) is 0 Å². The maximum Gasteiger partial charge on any atom is 0.164 e. The summed E-state index contributed by atoms with van der Waals surface area (Å²) in [5.74, 6) is 4.19. The molecule has 0 fully saturated rings. The van der Waals surface area contributed by atoms with E-state index in [-0.39, 0.29) is 0 Å². The van der Waals surface area contributed by atoms with Crippen LogP contribution >= 0.6 is 0 Å². The Kier molecular flexibility index (Phi) is 18.3. The molecule has 11 nitrogen and oxygen atoms in total. The lowest BCUT2D eigenvalue weighted by molar-refractivity contribution is 1.05. The van der Waals surface area contributed by atoms with Crippen LogP contribution in [0.5, 0.6) is 0 Å². The molecule has 0 saturated carbocycles. The summed E-state index contributed by atoms with van der Waals surface area (Å²) >= 11 is 0. The average molecular weight is 1600 g/mol. The van der Waals surface area contributed by atoms with E-state index in [0.29, 0.717) is 29.1 Å². The quantitative estimate of drug-likeness (QED) is 0.118. The molecule has 25 aromatic rings. The van der Waals surface area contributed by atoms with Crippen LogP contribution in [0.1, 0.15) is 0 Å². The summed E-state index contributed by atoms with van der Waals surface area (Å²) in [7, 11) is 0. The third-order valence-electron chi connectivity index (χ3n) is 23.8. The molecule has 125 heavy (non-hydrogen) atoms. The molecule has 0 aliphatic heterocycles. The number of hydrogen-bond donors (Lipinski definition) is 0. The summed E-state index contributed by atoms with van der Waals surface area (Å²) in [6, 6.07) is 152. The van der Waals surface area contributed by atoms with Gasteiger partial charge in [-0.05, 0) is 98.4 Å². The zero-order valence-electron chi connectivity index (χ0n) is 67.6. The van der Waals surface area contributed by atoms with Gasteiger partial charge in [-0.25, -0.2) is 34.9 Å². The molecule has 11 heteroatoms. The van der Waals surface area contributed by atoms with Gasteiger partial charge in [0.25, 0.3) is 0 Å². The summed E-state index contributed by atoms with van der Waals surface area (Å²) in [5.41, 5.74) is 20.7. The van der Waals surface area contributed by atoms with Crippen molar-refractivity contribution in [2.75, 3.05) is 0 Å². The molecule has 7 aromatic heterocycles. The fourth-order valence-corrected chi connectivity index (χ4v) is 18.2. The molecule has 0 unspecified atom stereocenters. The average Bonchev–Trinajstić information content (AvgIpc) is 1.57. The Balaban J connectivity index is 0.000000108. The number of pyridine rings is 1. The lowest BCUT2D eigenvalue weighted by Crippen LogP contribution is -2.03. The van der Waals surface area contributed by atoms with Crippen molar-refractivity contribution >= 4 is 119 Å². The van der Waals surface area contributed by atoms with Crippen molar-refractivity contribution in [2.45, 2.75) is 0 Å². The van der Waals surface area contributed by atoms with Gasteiger partial charge >= 0.3 is 0 Å². The van der Waals surface area contributed by atoms with E-state index < -0.39 is 0 Å². The third kappa shape index (κ3) is 13.2. The van der Waals surface area contributed by atoms with E-state index >= 15 is 0 Å². The molecule has 0 atom stereocenters. The van der Waals surface area contributed by atoms with Gasteiger partial charge in [-0.3, -0.25) is 9.55 Å². The molecule has 0 spiro atoms. The highest BCUT2D eigenvalue weighted by atomic mass is 15.1. The van der Waals surface area contributed by atoms with Crippen LogP contribution in [0.3, 0.4) is 0 Å². The predicted octanol–water partition coefficient (Wildman–Crippen LogP) is 28.6. The van der Waals surface area contributed by atoms with Gasteiger partial charge in [0.05, 0.1) is 55.7 Å². The number of nitrogens with zero attached hydrogens (tertiary/aromatic N) is 11. The number of hydrogen-bond acceptors (Lipinski definition) is 8. The molecular formula is C114H73N11. The highest BCUT2D eigenvalue weighted by Gasteiger charge is 2.25. The monoisotopic (exact) mass is 1600 g/mol. The van der Waals surface area contributed by atoms with Crippen LogP contribution in [-0.4, -0.2) is 53.6 Å². The van der Waals surface area contributed by atoms with Crippen molar-refractivity contribution in [3.05, 3.63) is 443 Å². The normalized spacial score (nSPS) is 11.5. The third-order valence-corrected chi connectivity index (χ3v) is 23.8. The van der Waals surface area contributed by atoms with Crippen LogP contribution in [0.4, 0.5) is 0 Å². The van der Waals surface area contributed by atoms with Crippen molar-refractivity contribution in [3.8, 4) is 108 Å². The second kappa shape index (κ2) is 31.3. The first-order valence-electron chi connectivity index (χ1n) is 42.0. The molecule has 25 rings (SSSR count). The molecule has 0 N–H and O–H groups in total. The minimum atomic E-state index is 0.644. The smallest absolute Gasteiger partial charge is 0.164 e.